The Morgan fingerprint density at radius 2 is 2.16 bits per heavy atom. The number of para-hydroxylation sites is 1. The maximum Gasteiger partial charge on any atom is 0.124 e. The molecule has 4 heteroatoms. The maximum atomic E-state index is 9.61. The van der Waals surface area contributed by atoms with Crippen LogP contribution in [0.4, 0.5) is 0 Å². The first-order chi connectivity index (χ1) is 9.32. The predicted octanol–water partition coefficient (Wildman–Crippen LogP) is 2.28. The van der Waals surface area contributed by atoms with Gasteiger partial charge < -0.3 is 14.2 Å². The molecule has 0 radical (unpaired) electrons. The molecule has 2 rings (SSSR count). The van der Waals surface area contributed by atoms with Crippen LogP contribution in [0.2, 0.25) is 0 Å². The Balaban J connectivity index is 2.05. The Hall–Kier alpha value is -1.57. The lowest BCUT2D eigenvalue weighted by Gasteiger charge is -2.33. The maximum absolute atomic E-state index is 9.61. The highest BCUT2D eigenvalue weighted by molar-refractivity contribution is 5.45. The van der Waals surface area contributed by atoms with Crippen molar-refractivity contribution in [3.63, 3.8) is 0 Å². The van der Waals surface area contributed by atoms with Gasteiger partial charge in [0.05, 0.1) is 31.3 Å². The minimum Gasteiger partial charge on any atom is -0.493 e. The lowest BCUT2D eigenvalue weighted by atomic mass is 9.75. The van der Waals surface area contributed by atoms with Crippen LogP contribution >= 0.6 is 0 Å². The zero-order valence-electron chi connectivity index (χ0n) is 11.2. The SMILES string of the molecule is COCCOCCC1(C#N)CCOc2ccccc21. The molecule has 1 aromatic carbocycles. The van der Waals surface area contributed by atoms with Gasteiger partial charge >= 0.3 is 0 Å². The number of fused-ring (bicyclic) bond motifs is 1. The molecule has 0 aromatic heterocycles. The van der Waals surface area contributed by atoms with Gasteiger partial charge in [0.2, 0.25) is 0 Å². The van der Waals surface area contributed by atoms with Crippen LogP contribution in [0.5, 0.6) is 5.75 Å². The monoisotopic (exact) mass is 261 g/mol. The third-order valence-corrected chi connectivity index (χ3v) is 3.51. The first-order valence-corrected chi connectivity index (χ1v) is 6.53. The molecule has 0 amide bonds. The molecule has 1 aromatic rings. The van der Waals surface area contributed by atoms with Crippen molar-refractivity contribution in [2.24, 2.45) is 0 Å². The lowest BCUT2D eigenvalue weighted by Crippen LogP contribution is -2.33. The molecule has 0 aliphatic carbocycles. The second kappa shape index (κ2) is 6.55. The van der Waals surface area contributed by atoms with Crippen LogP contribution in [0, 0.1) is 11.3 Å². The third kappa shape index (κ3) is 3.06. The van der Waals surface area contributed by atoms with Crippen LogP contribution in [0.1, 0.15) is 18.4 Å². The minimum atomic E-state index is -0.484. The van der Waals surface area contributed by atoms with E-state index in [9.17, 15) is 5.26 Å². The standard InChI is InChI=1S/C15H19NO3/c1-17-10-11-18-8-6-15(12-16)7-9-19-14-5-3-2-4-13(14)15/h2-5H,6-11H2,1H3. The van der Waals surface area contributed by atoms with Crippen molar-refractivity contribution in [3.8, 4) is 11.8 Å². The Labute approximate surface area is 113 Å². The summed E-state index contributed by atoms with van der Waals surface area (Å²) < 4.78 is 16.0. The van der Waals surface area contributed by atoms with Crippen molar-refractivity contribution < 1.29 is 14.2 Å². The summed E-state index contributed by atoms with van der Waals surface area (Å²) in [6, 6.07) is 10.3. The van der Waals surface area contributed by atoms with Gasteiger partial charge in [-0.05, 0) is 12.5 Å². The minimum absolute atomic E-state index is 0.484. The molecule has 0 spiro atoms. The summed E-state index contributed by atoms with van der Waals surface area (Å²) in [6.07, 6.45) is 1.40. The highest BCUT2D eigenvalue weighted by Crippen LogP contribution is 2.40. The lowest BCUT2D eigenvalue weighted by molar-refractivity contribution is 0.0609. The molecule has 0 fully saturated rings. The van der Waals surface area contributed by atoms with E-state index in [1.54, 1.807) is 7.11 Å². The van der Waals surface area contributed by atoms with Crippen molar-refractivity contribution in [3.05, 3.63) is 29.8 Å². The fourth-order valence-corrected chi connectivity index (χ4v) is 2.38. The van der Waals surface area contributed by atoms with E-state index < -0.39 is 5.41 Å². The number of hydrogen-bond donors (Lipinski definition) is 0. The molecular weight excluding hydrogens is 242 g/mol. The van der Waals surface area contributed by atoms with Crippen molar-refractivity contribution in [2.75, 3.05) is 33.5 Å². The predicted molar refractivity (Wildman–Crippen MR) is 71.2 cm³/mol. The number of benzene rings is 1. The molecule has 0 N–H and O–H groups in total. The van der Waals surface area contributed by atoms with E-state index in [-0.39, 0.29) is 0 Å². The van der Waals surface area contributed by atoms with E-state index in [0.29, 0.717) is 39.3 Å². The van der Waals surface area contributed by atoms with Gasteiger partial charge in [-0.25, -0.2) is 0 Å². The summed E-state index contributed by atoms with van der Waals surface area (Å²) in [4.78, 5) is 0. The number of ether oxygens (including phenoxy) is 3. The van der Waals surface area contributed by atoms with E-state index in [1.807, 2.05) is 24.3 Å². The van der Waals surface area contributed by atoms with Gasteiger partial charge in [0, 0.05) is 25.7 Å². The van der Waals surface area contributed by atoms with Gasteiger partial charge in [0.1, 0.15) is 5.75 Å². The van der Waals surface area contributed by atoms with Crippen LogP contribution < -0.4 is 4.74 Å². The van der Waals surface area contributed by atoms with Crippen LogP contribution in [0.3, 0.4) is 0 Å². The number of nitriles is 1. The summed E-state index contributed by atoms with van der Waals surface area (Å²) >= 11 is 0. The third-order valence-electron chi connectivity index (χ3n) is 3.51. The van der Waals surface area contributed by atoms with Crippen molar-refractivity contribution in [1.29, 1.82) is 5.26 Å². The van der Waals surface area contributed by atoms with E-state index in [1.165, 1.54) is 0 Å². The molecule has 1 unspecified atom stereocenters. The van der Waals surface area contributed by atoms with Gasteiger partial charge in [-0.3, -0.25) is 0 Å². The fraction of sp³-hybridized carbons (Fsp3) is 0.533. The quantitative estimate of drug-likeness (QED) is 0.737. The summed E-state index contributed by atoms with van der Waals surface area (Å²) in [7, 11) is 1.65. The number of nitrogens with zero attached hydrogens (tertiary/aromatic N) is 1. The number of hydrogen-bond acceptors (Lipinski definition) is 4. The average Bonchev–Trinajstić information content (AvgIpc) is 2.47. The molecule has 1 aliphatic rings. The second-order valence-electron chi connectivity index (χ2n) is 4.64. The van der Waals surface area contributed by atoms with E-state index in [4.69, 9.17) is 14.2 Å². The van der Waals surface area contributed by atoms with Crippen LogP contribution in [-0.4, -0.2) is 33.5 Å². The fourth-order valence-electron chi connectivity index (χ4n) is 2.38. The Morgan fingerprint density at radius 1 is 1.32 bits per heavy atom. The number of rotatable bonds is 6. The van der Waals surface area contributed by atoms with Crippen LogP contribution in [0.15, 0.2) is 24.3 Å². The largest absolute Gasteiger partial charge is 0.493 e. The molecule has 1 aliphatic heterocycles. The molecule has 1 atom stereocenters. The van der Waals surface area contributed by atoms with Gasteiger partial charge in [-0.2, -0.15) is 5.26 Å². The zero-order chi connectivity index (χ0) is 13.6. The zero-order valence-corrected chi connectivity index (χ0v) is 11.2. The van der Waals surface area contributed by atoms with Crippen molar-refractivity contribution >= 4 is 0 Å². The van der Waals surface area contributed by atoms with Crippen molar-refractivity contribution in [2.45, 2.75) is 18.3 Å². The summed E-state index contributed by atoms with van der Waals surface area (Å²) in [5.74, 6) is 0.826. The molecule has 0 bridgehead atoms. The first-order valence-electron chi connectivity index (χ1n) is 6.53. The molecule has 1 heterocycles. The molecule has 0 saturated carbocycles. The summed E-state index contributed by atoms with van der Waals surface area (Å²) in [5, 5.41) is 9.61. The Morgan fingerprint density at radius 3 is 2.95 bits per heavy atom. The topological polar surface area (TPSA) is 51.5 Å². The Bertz CT molecular complexity index is 455. The smallest absolute Gasteiger partial charge is 0.124 e. The molecule has 4 nitrogen and oxygen atoms in total. The number of methoxy groups -OCH3 is 1. The van der Waals surface area contributed by atoms with E-state index >= 15 is 0 Å². The summed E-state index contributed by atoms with van der Waals surface area (Å²) in [5.41, 5.74) is 0.501. The van der Waals surface area contributed by atoms with Crippen LogP contribution in [0.25, 0.3) is 0 Å². The second-order valence-corrected chi connectivity index (χ2v) is 4.64. The van der Waals surface area contributed by atoms with Gasteiger partial charge in [-0.15, -0.1) is 0 Å². The first kappa shape index (κ1) is 13.9. The summed E-state index contributed by atoms with van der Waals surface area (Å²) in [6.45, 7) is 2.29. The highest BCUT2D eigenvalue weighted by Gasteiger charge is 2.37. The normalized spacial score (nSPS) is 21.3. The van der Waals surface area contributed by atoms with Gasteiger partial charge in [0.25, 0.3) is 0 Å². The molecular formula is C15H19NO3. The van der Waals surface area contributed by atoms with E-state index in [0.717, 1.165) is 11.3 Å². The van der Waals surface area contributed by atoms with Crippen LogP contribution in [-0.2, 0) is 14.9 Å². The van der Waals surface area contributed by atoms with E-state index in [2.05, 4.69) is 6.07 Å². The van der Waals surface area contributed by atoms with Crippen molar-refractivity contribution in [1.82, 2.24) is 0 Å². The Kier molecular flexibility index (Phi) is 4.78. The average molecular weight is 261 g/mol. The molecule has 19 heavy (non-hydrogen) atoms. The molecule has 0 saturated heterocycles. The highest BCUT2D eigenvalue weighted by atomic mass is 16.5. The van der Waals surface area contributed by atoms with Gasteiger partial charge in [-0.1, -0.05) is 18.2 Å². The van der Waals surface area contributed by atoms with Gasteiger partial charge in [0.15, 0.2) is 0 Å². The molecule has 102 valence electrons.